The second kappa shape index (κ2) is 13.0. The molecule has 1 N–H and O–H groups in total. The quantitative estimate of drug-likeness (QED) is 0.216. The molecule has 36 heavy (non-hydrogen) atoms. The lowest BCUT2D eigenvalue weighted by molar-refractivity contribution is 0.0953. The van der Waals surface area contributed by atoms with Crippen LogP contribution >= 0.6 is 11.6 Å². The van der Waals surface area contributed by atoms with Crippen LogP contribution in [0.1, 0.15) is 41.9 Å². The van der Waals surface area contributed by atoms with E-state index in [-0.39, 0.29) is 5.91 Å². The minimum Gasteiger partial charge on any atom is -0.497 e. The average molecular weight is 506 g/mol. The summed E-state index contributed by atoms with van der Waals surface area (Å²) < 4.78 is 13.3. The monoisotopic (exact) mass is 505 g/mol. The number of unbranched alkanes of at least 4 members (excludes halogenated alkanes) is 2. The van der Waals surface area contributed by atoms with Gasteiger partial charge in [-0.15, -0.1) is 0 Å². The molecule has 0 fully saturated rings. The van der Waals surface area contributed by atoms with Gasteiger partial charge in [0.1, 0.15) is 17.3 Å². The lowest BCUT2D eigenvalue weighted by atomic mass is 10.1. The molecule has 0 saturated carbocycles. The highest BCUT2D eigenvalue weighted by Crippen LogP contribution is 2.19. The molecule has 4 aromatic rings. The molecule has 4 rings (SSSR count). The number of carbonyl (C=O) groups excluding carboxylic acids is 1. The van der Waals surface area contributed by atoms with Crippen LogP contribution in [0.3, 0.4) is 0 Å². The molecule has 0 atom stereocenters. The van der Waals surface area contributed by atoms with Gasteiger partial charge in [0.25, 0.3) is 5.91 Å². The highest BCUT2D eigenvalue weighted by atomic mass is 35.5. The van der Waals surface area contributed by atoms with Gasteiger partial charge >= 0.3 is 0 Å². The maximum absolute atomic E-state index is 12.3. The number of ether oxygens (including phenoxy) is 2. The van der Waals surface area contributed by atoms with E-state index >= 15 is 0 Å². The number of amides is 1. The van der Waals surface area contributed by atoms with Crippen molar-refractivity contribution in [3.8, 4) is 11.5 Å². The number of halogens is 1. The van der Waals surface area contributed by atoms with Crippen molar-refractivity contribution in [3.63, 3.8) is 0 Å². The number of carbonyl (C=O) groups is 1. The summed E-state index contributed by atoms with van der Waals surface area (Å²) >= 11 is 5.94. The molecule has 0 aliphatic heterocycles. The van der Waals surface area contributed by atoms with Crippen LogP contribution in [0.4, 0.5) is 0 Å². The predicted octanol–water partition coefficient (Wildman–Crippen LogP) is 6.31. The molecule has 188 valence electrons. The molecule has 0 radical (unpaired) electrons. The van der Waals surface area contributed by atoms with Crippen molar-refractivity contribution in [2.24, 2.45) is 0 Å². The number of methoxy groups -OCH3 is 1. The number of aryl methyl sites for hydroxylation is 2. The van der Waals surface area contributed by atoms with Crippen LogP contribution in [0, 0.1) is 0 Å². The Morgan fingerprint density at radius 2 is 1.67 bits per heavy atom. The molecule has 0 saturated heterocycles. The first-order chi connectivity index (χ1) is 17.6. The third kappa shape index (κ3) is 7.01. The van der Waals surface area contributed by atoms with Gasteiger partial charge in [0.15, 0.2) is 0 Å². The van der Waals surface area contributed by atoms with Gasteiger partial charge in [-0.1, -0.05) is 30.2 Å². The summed E-state index contributed by atoms with van der Waals surface area (Å²) in [5, 5.41) is 3.70. The molecule has 1 heterocycles. The number of hydrogen-bond donors (Lipinski definition) is 1. The number of rotatable bonds is 13. The fourth-order valence-electron chi connectivity index (χ4n) is 4.14. The molecule has 1 amide bonds. The molecule has 6 nitrogen and oxygen atoms in total. The Morgan fingerprint density at radius 3 is 2.44 bits per heavy atom. The third-order valence-corrected chi connectivity index (χ3v) is 6.31. The number of fused-ring (bicyclic) bond motifs is 1. The van der Waals surface area contributed by atoms with Gasteiger partial charge in [0, 0.05) is 30.1 Å². The molecular formula is C29H32ClN3O3. The highest BCUT2D eigenvalue weighted by molar-refractivity contribution is 6.30. The second-order valence-corrected chi connectivity index (χ2v) is 9.06. The summed E-state index contributed by atoms with van der Waals surface area (Å²) in [5.41, 5.74) is 2.83. The largest absolute Gasteiger partial charge is 0.497 e. The Hall–Kier alpha value is -3.51. The standard InChI is InChI=1S/C29H32ClN3O3/c1-35-24-15-11-22(12-16-24)29(34)31-19-6-2-3-10-28-32-26-8-4-5-9-27(26)33(28)20-7-21-36-25-17-13-23(30)14-18-25/h4-5,8-9,11-18H,2-3,6-7,10,19-21H2,1H3,(H,31,34). The maximum atomic E-state index is 12.3. The number of imidazole rings is 1. The van der Waals surface area contributed by atoms with Crippen LogP contribution in [-0.2, 0) is 13.0 Å². The van der Waals surface area contributed by atoms with Crippen LogP contribution < -0.4 is 14.8 Å². The van der Waals surface area contributed by atoms with E-state index in [1.807, 2.05) is 30.3 Å². The minimum atomic E-state index is -0.0553. The number of benzene rings is 3. The molecule has 0 bridgehead atoms. The van der Waals surface area contributed by atoms with Gasteiger partial charge in [0.2, 0.25) is 0 Å². The van der Waals surface area contributed by atoms with Crippen LogP contribution in [0.15, 0.2) is 72.8 Å². The van der Waals surface area contributed by atoms with E-state index in [0.717, 1.165) is 67.0 Å². The van der Waals surface area contributed by atoms with E-state index in [2.05, 4.69) is 28.1 Å². The minimum absolute atomic E-state index is 0.0553. The molecule has 3 aromatic carbocycles. The summed E-state index contributed by atoms with van der Waals surface area (Å²) in [6.45, 7) is 2.13. The fraction of sp³-hybridized carbons (Fsp3) is 0.310. The zero-order chi connectivity index (χ0) is 25.2. The van der Waals surface area contributed by atoms with Gasteiger partial charge in [-0.3, -0.25) is 4.79 Å². The van der Waals surface area contributed by atoms with Crippen molar-refractivity contribution in [1.29, 1.82) is 0 Å². The first-order valence-electron chi connectivity index (χ1n) is 12.4. The third-order valence-electron chi connectivity index (χ3n) is 6.06. The molecular weight excluding hydrogens is 474 g/mol. The molecule has 0 unspecified atom stereocenters. The van der Waals surface area contributed by atoms with Crippen molar-refractivity contribution >= 4 is 28.5 Å². The molecule has 0 spiro atoms. The average Bonchev–Trinajstić information content (AvgIpc) is 3.26. The number of aromatic nitrogens is 2. The Kier molecular flexibility index (Phi) is 9.22. The first kappa shape index (κ1) is 25.6. The number of hydrogen-bond acceptors (Lipinski definition) is 4. The van der Waals surface area contributed by atoms with Crippen LogP contribution in [0.25, 0.3) is 11.0 Å². The summed E-state index contributed by atoms with van der Waals surface area (Å²) in [5.74, 6) is 2.62. The van der Waals surface area contributed by atoms with Gasteiger partial charge in [-0.05, 0) is 79.9 Å². The van der Waals surface area contributed by atoms with E-state index in [1.165, 1.54) is 0 Å². The molecule has 7 heteroatoms. The van der Waals surface area contributed by atoms with Crippen molar-refractivity contribution in [2.75, 3.05) is 20.3 Å². The number of para-hydroxylation sites is 2. The lowest BCUT2D eigenvalue weighted by Crippen LogP contribution is -2.24. The van der Waals surface area contributed by atoms with Crippen molar-refractivity contribution in [1.82, 2.24) is 14.9 Å². The van der Waals surface area contributed by atoms with Crippen molar-refractivity contribution in [3.05, 3.63) is 89.2 Å². The van der Waals surface area contributed by atoms with Gasteiger partial charge < -0.3 is 19.4 Å². The second-order valence-electron chi connectivity index (χ2n) is 8.62. The topological polar surface area (TPSA) is 65.4 Å². The van der Waals surface area contributed by atoms with Crippen LogP contribution in [-0.4, -0.2) is 35.7 Å². The summed E-state index contributed by atoms with van der Waals surface area (Å²) in [6.07, 6.45) is 4.75. The van der Waals surface area contributed by atoms with Crippen molar-refractivity contribution in [2.45, 2.75) is 38.6 Å². The van der Waals surface area contributed by atoms with Gasteiger partial charge in [-0.25, -0.2) is 4.98 Å². The zero-order valence-corrected chi connectivity index (χ0v) is 21.3. The van der Waals surface area contributed by atoms with Crippen LogP contribution in [0.5, 0.6) is 11.5 Å². The Morgan fingerprint density at radius 1 is 0.917 bits per heavy atom. The van der Waals surface area contributed by atoms with E-state index < -0.39 is 0 Å². The lowest BCUT2D eigenvalue weighted by Gasteiger charge is -2.11. The summed E-state index contributed by atoms with van der Waals surface area (Å²) in [7, 11) is 1.61. The molecule has 0 aliphatic carbocycles. The SMILES string of the molecule is COc1ccc(C(=O)NCCCCCc2nc3ccccc3n2CCCOc2ccc(Cl)cc2)cc1. The molecule has 1 aromatic heterocycles. The first-order valence-corrected chi connectivity index (χ1v) is 12.8. The molecule has 0 aliphatic rings. The summed E-state index contributed by atoms with van der Waals surface area (Å²) in [4.78, 5) is 17.2. The number of nitrogens with one attached hydrogen (secondary N) is 1. The van der Waals surface area contributed by atoms with Crippen molar-refractivity contribution < 1.29 is 14.3 Å². The van der Waals surface area contributed by atoms with E-state index in [0.29, 0.717) is 23.7 Å². The predicted molar refractivity (Wildman–Crippen MR) is 144 cm³/mol. The zero-order valence-electron chi connectivity index (χ0n) is 20.6. The van der Waals surface area contributed by atoms with E-state index in [4.69, 9.17) is 26.1 Å². The van der Waals surface area contributed by atoms with Gasteiger partial charge in [0.05, 0.1) is 24.8 Å². The van der Waals surface area contributed by atoms with Gasteiger partial charge in [-0.2, -0.15) is 0 Å². The Bertz CT molecular complexity index is 1250. The summed E-state index contributed by atoms with van der Waals surface area (Å²) in [6, 6.07) is 22.9. The number of nitrogens with zero attached hydrogens (tertiary/aromatic N) is 2. The van der Waals surface area contributed by atoms with E-state index in [1.54, 1.807) is 31.4 Å². The Balaban J connectivity index is 1.23. The smallest absolute Gasteiger partial charge is 0.251 e. The maximum Gasteiger partial charge on any atom is 0.251 e. The fourth-order valence-corrected chi connectivity index (χ4v) is 4.27. The Labute approximate surface area is 217 Å². The normalized spacial score (nSPS) is 10.9. The van der Waals surface area contributed by atoms with E-state index in [9.17, 15) is 4.79 Å². The van der Waals surface area contributed by atoms with Crippen LogP contribution in [0.2, 0.25) is 5.02 Å². The highest BCUT2D eigenvalue weighted by Gasteiger charge is 2.10.